The molecule has 2 aromatic rings. The minimum absolute atomic E-state index is 0.0254. The van der Waals surface area contributed by atoms with Gasteiger partial charge in [-0.25, -0.2) is 9.18 Å². The van der Waals surface area contributed by atoms with Gasteiger partial charge in [0.05, 0.1) is 6.54 Å². The molecule has 4 rings (SSSR count). The Kier molecular flexibility index (Phi) is 6.53. The molecule has 0 aromatic heterocycles. The zero-order chi connectivity index (χ0) is 22.5. The lowest BCUT2D eigenvalue weighted by molar-refractivity contribution is -0.143. The molecule has 0 saturated carbocycles. The van der Waals surface area contributed by atoms with Crippen LogP contribution in [0, 0.1) is 5.82 Å². The monoisotopic (exact) mass is 439 g/mol. The van der Waals surface area contributed by atoms with E-state index in [1.807, 2.05) is 18.2 Å². The van der Waals surface area contributed by atoms with Crippen LogP contribution in [-0.4, -0.2) is 84.9 Å². The molecular formula is C23H26FN5O3. The maximum absolute atomic E-state index is 13.0. The van der Waals surface area contributed by atoms with Gasteiger partial charge in [0.2, 0.25) is 11.8 Å². The molecule has 0 atom stereocenters. The quantitative estimate of drug-likeness (QED) is 0.789. The molecule has 0 radical (unpaired) electrons. The first kappa shape index (κ1) is 21.6. The normalized spacial score (nSPS) is 16.8. The highest BCUT2D eigenvalue weighted by Gasteiger charge is 2.30. The van der Waals surface area contributed by atoms with Crippen molar-refractivity contribution in [3.05, 3.63) is 60.4 Å². The summed E-state index contributed by atoms with van der Waals surface area (Å²) in [4.78, 5) is 44.6. The van der Waals surface area contributed by atoms with Crippen molar-refractivity contribution >= 4 is 29.2 Å². The molecule has 32 heavy (non-hydrogen) atoms. The Hall–Kier alpha value is -3.62. The van der Waals surface area contributed by atoms with Crippen LogP contribution < -0.4 is 10.2 Å². The number of rotatable bonds is 4. The number of carbonyl (C=O) groups excluding carboxylic acids is 3. The zero-order valence-electron chi connectivity index (χ0n) is 17.7. The SMILES string of the molecule is O=C(CN1CCN(C(=O)Nc2ccc(F)cc2)CC1=O)N1CCN(c2ccccc2)CC1. The topological polar surface area (TPSA) is 76.2 Å². The van der Waals surface area contributed by atoms with Gasteiger partial charge in [0, 0.05) is 50.6 Å². The predicted molar refractivity (Wildman–Crippen MR) is 119 cm³/mol. The summed E-state index contributed by atoms with van der Waals surface area (Å²) in [5, 5.41) is 2.65. The Morgan fingerprint density at radius 1 is 0.844 bits per heavy atom. The van der Waals surface area contributed by atoms with Gasteiger partial charge >= 0.3 is 6.03 Å². The summed E-state index contributed by atoms with van der Waals surface area (Å²) in [5.41, 5.74) is 1.60. The van der Waals surface area contributed by atoms with E-state index in [1.165, 1.54) is 34.1 Å². The average Bonchev–Trinajstić information content (AvgIpc) is 2.82. The van der Waals surface area contributed by atoms with Crippen LogP contribution in [0.15, 0.2) is 54.6 Å². The lowest BCUT2D eigenvalue weighted by Crippen LogP contribution is -2.57. The number of piperazine rings is 2. The summed E-state index contributed by atoms with van der Waals surface area (Å²) >= 11 is 0. The molecule has 8 nitrogen and oxygen atoms in total. The van der Waals surface area contributed by atoms with Crippen LogP contribution in [0.3, 0.4) is 0 Å². The van der Waals surface area contributed by atoms with E-state index in [9.17, 15) is 18.8 Å². The largest absolute Gasteiger partial charge is 0.368 e. The maximum Gasteiger partial charge on any atom is 0.322 e. The van der Waals surface area contributed by atoms with Crippen molar-refractivity contribution < 1.29 is 18.8 Å². The first-order valence-corrected chi connectivity index (χ1v) is 10.7. The van der Waals surface area contributed by atoms with Crippen LogP contribution in [0.4, 0.5) is 20.6 Å². The van der Waals surface area contributed by atoms with Crippen molar-refractivity contribution in [2.45, 2.75) is 0 Å². The highest BCUT2D eigenvalue weighted by molar-refractivity contribution is 5.94. The molecule has 1 N–H and O–H groups in total. The number of halogens is 1. The van der Waals surface area contributed by atoms with E-state index in [1.54, 1.807) is 4.90 Å². The molecule has 4 amide bonds. The van der Waals surface area contributed by atoms with Crippen LogP contribution in [-0.2, 0) is 9.59 Å². The van der Waals surface area contributed by atoms with E-state index in [-0.39, 0.29) is 24.9 Å². The van der Waals surface area contributed by atoms with E-state index in [2.05, 4.69) is 22.3 Å². The van der Waals surface area contributed by atoms with Gasteiger partial charge in [0.15, 0.2) is 0 Å². The summed E-state index contributed by atoms with van der Waals surface area (Å²) < 4.78 is 13.0. The van der Waals surface area contributed by atoms with E-state index in [0.717, 1.165) is 18.8 Å². The van der Waals surface area contributed by atoms with Gasteiger partial charge in [-0.15, -0.1) is 0 Å². The third-order valence-electron chi connectivity index (χ3n) is 5.78. The van der Waals surface area contributed by atoms with Gasteiger partial charge in [0.25, 0.3) is 0 Å². The molecule has 2 aliphatic rings. The van der Waals surface area contributed by atoms with Crippen LogP contribution >= 0.6 is 0 Å². The molecule has 2 aromatic carbocycles. The number of nitrogens with zero attached hydrogens (tertiary/aromatic N) is 4. The zero-order valence-corrected chi connectivity index (χ0v) is 17.7. The van der Waals surface area contributed by atoms with Crippen molar-refractivity contribution in [1.29, 1.82) is 0 Å². The second-order valence-electron chi connectivity index (χ2n) is 7.88. The lowest BCUT2D eigenvalue weighted by atomic mass is 10.2. The highest BCUT2D eigenvalue weighted by Crippen LogP contribution is 2.16. The molecule has 2 fully saturated rings. The van der Waals surface area contributed by atoms with Gasteiger partial charge < -0.3 is 24.9 Å². The lowest BCUT2D eigenvalue weighted by Gasteiger charge is -2.38. The number of urea groups is 1. The number of amides is 4. The average molecular weight is 439 g/mol. The first-order valence-electron chi connectivity index (χ1n) is 10.7. The molecule has 2 saturated heterocycles. The Morgan fingerprint density at radius 2 is 1.50 bits per heavy atom. The Bertz CT molecular complexity index is 961. The number of hydrogen-bond donors (Lipinski definition) is 1. The molecule has 0 bridgehead atoms. The van der Waals surface area contributed by atoms with Gasteiger partial charge in [-0.2, -0.15) is 0 Å². The van der Waals surface area contributed by atoms with Crippen molar-refractivity contribution in [3.63, 3.8) is 0 Å². The number of carbonyl (C=O) groups is 3. The fraction of sp³-hybridized carbons (Fsp3) is 0.348. The summed E-state index contributed by atoms with van der Waals surface area (Å²) in [7, 11) is 0. The summed E-state index contributed by atoms with van der Waals surface area (Å²) in [6, 6.07) is 15.1. The second kappa shape index (κ2) is 9.67. The van der Waals surface area contributed by atoms with E-state index in [0.29, 0.717) is 31.9 Å². The molecule has 0 unspecified atom stereocenters. The number of benzene rings is 2. The van der Waals surface area contributed by atoms with Gasteiger partial charge in [-0.3, -0.25) is 9.59 Å². The number of hydrogen-bond acceptors (Lipinski definition) is 4. The van der Waals surface area contributed by atoms with Gasteiger partial charge in [-0.05, 0) is 36.4 Å². The first-order chi connectivity index (χ1) is 15.5. The standard InChI is InChI=1S/C23H26FN5O3/c24-18-6-8-19(9-7-18)25-23(32)29-15-14-28(22(31)17-29)16-21(30)27-12-10-26(11-13-27)20-4-2-1-3-5-20/h1-9H,10-17H2,(H,25,32). The smallest absolute Gasteiger partial charge is 0.322 e. The van der Waals surface area contributed by atoms with Crippen molar-refractivity contribution in [2.24, 2.45) is 0 Å². The highest BCUT2D eigenvalue weighted by atomic mass is 19.1. The fourth-order valence-corrected chi connectivity index (χ4v) is 3.90. The minimum atomic E-state index is -0.423. The second-order valence-corrected chi connectivity index (χ2v) is 7.88. The van der Waals surface area contributed by atoms with E-state index in [4.69, 9.17) is 0 Å². The molecule has 2 aliphatic heterocycles. The number of nitrogens with one attached hydrogen (secondary N) is 1. The van der Waals surface area contributed by atoms with Crippen molar-refractivity contribution in [1.82, 2.24) is 14.7 Å². The van der Waals surface area contributed by atoms with Crippen LogP contribution in [0.25, 0.3) is 0 Å². The third-order valence-corrected chi connectivity index (χ3v) is 5.78. The maximum atomic E-state index is 13.0. The minimum Gasteiger partial charge on any atom is -0.368 e. The number of anilines is 2. The molecule has 0 spiro atoms. The Balaban J connectivity index is 1.23. The van der Waals surface area contributed by atoms with Crippen LogP contribution in [0.2, 0.25) is 0 Å². The third kappa shape index (κ3) is 5.16. The molecule has 168 valence electrons. The van der Waals surface area contributed by atoms with Crippen LogP contribution in [0.1, 0.15) is 0 Å². The van der Waals surface area contributed by atoms with Gasteiger partial charge in [0.1, 0.15) is 12.4 Å². The summed E-state index contributed by atoms with van der Waals surface area (Å²) in [6.45, 7) is 3.28. The predicted octanol–water partition coefficient (Wildman–Crippen LogP) is 1.85. The Labute approximate surface area is 186 Å². The molecular weight excluding hydrogens is 413 g/mol. The molecule has 2 heterocycles. The van der Waals surface area contributed by atoms with E-state index < -0.39 is 11.8 Å². The number of para-hydroxylation sites is 1. The molecule has 9 heteroatoms. The fourth-order valence-electron chi connectivity index (χ4n) is 3.90. The summed E-state index contributed by atoms with van der Waals surface area (Å²) in [5.74, 6) is -0.727. The Morgan fingerprint density at radius 3 is 2.16 bits per heavy atom. The van der Waals surface area contributed by atoms with Crippen molar-refractivity contribution in [3.8, 4) is 0 Å². The van der Waals surface area contributed by atoms with Crippen LogP contribution in [0.5, 0.6) is 0 Å². The molecule has 0 aliphatic carbocycles. The van der Waals surface area contributed by atoms with E-state index >= 15 is 0 Å². The van der Waals surface area contributed by atoms with Gasteiger partial charge in [-0.1, -0.05) is 18.2 Å². The van der Waals surface area contributed by atoms with Crippen molar-refractivity contribution in [2.75, 3.05) is 62.6 Å². The summed E-state index contributed by atoms with van der Waals surface area (Å²) in [6.07, 6.45) is 0.